The number of rotatable bonds is 2. The van der Waals surface area contributed by atoms with Crippen molar-refractivity contribution in [3.05, 3.63) is 58.7 Å². The van der Waals surface area contributed by atoms with Crippen molar-refractivity contribution in [2.75, 3.05) is 6.66 Å². The van der Waals surface area contributed by atoms with Gasteiger partial charge in [0.1, 0.15) is 0 Å². The number of hydrogen-bond donors (Lipinski definition) is 0. The van der Waals surface area contributed by atoms with Gasteiger partial charge in [-0.15, -0.1) is 0 Å². The summed E-state index contributed by atoms with van der Waals surface area (Å²) in [6, 6.07) is 10.8. The van der Waals surface area contributed by atoms with Gasteiger partial charge in [0.25, 0.3) is 0 Å². The first kappa shape index (κ1) is 12.3. The van der Waals surface area contributed by atoms with Crippen LogP contribution in [0, 0.1) is 0 Å². The van der Waals surface area contributed by atoms with Gasteiger partial charge in [0, 0.05) is 0 Å². The number of hydrogen-bond acceptors (Lipinski definition) is 0. The third-order valence-corrected chi connectivity index (χ3v) is 9.13. The maximum absolute atomic E-state index is 2.71. The minimum atomic E-state index is -1.78. The van der Waals surface area contributed by atoms with Gasteiger partial charge in [-0.25, -0.2) is 0 Å². The van der Waals surface area contributed by atoms with E-state index < -0.39 is 4.25 Å². The van der Waals surface area contributed by atoms with Crippen LogP contribution in [0.15, 0.2) is 53.1 Å². The summed E-state index contributed by atoms with van der Waals surface area (Å²) in [6.07, 6.45) is 1.18. The van der Waals surface area contributed by atoms with Gasteiger partial charge in [-0.1, -0.05) is 0 Å². The third-order valence-electron chi connectivity index (χ3n) is 3.12. The monoisotopic (exact) mass is 344 g/mol. The van der Waals surface area contributed by atoms with Crippen LogP contribution >= 0.6 is 26.3 Å². The fourth-order valence-electron chi connectivity index (χ4n) is 2.41. The molecule has 1 aromatic rings. The predicted molar refractivity (Wildman–Crippen MR) is 84.5 cm³/mol. The second kappa shape index (κ2) is 3.96. The first-order chi connectivity index (χ1) is 7.37. The summed E-state index contributed by atoms with van der Waals surface area (Å²) in [6.45, 7) is 6.90. The van der Waals surface area contributed by atoms with E-state index in [1.165, 1.54) is 22.9 Å². The van der Waals surface area contributed by atoms with Crippen LogP contribution in [0.5, 0.6) is 0 Å². The average Bonchev–Trinajstić information content (AvgIpc) is 2.37. The van der Waals surface area contributed by atoms with Crippen LogP contribution in [0.3, 0.4) is 0 Å². The van der Waals surface area contributed by atoms with Gasteiger partial charge in [0.15, 0.2) is 0 Å². The molecular formula is C14H18IP. The molecule has 16 heavy (non-hydrogen) atoms. The van der Waals surface area contributed by atoms with Gasteiger partial charge in [-0.05, 0) is 0 Å². The Morgan fingerprint density at radius 1 is 1.00 bits per heavy atom. The first-order valence-electron chi connectivity index (χ1n) is 5.54. The van der Waals surface area contributed by atoms with Crippen molar-refractivity contribution in [2.24, 2.45) is 0 Å². The summed E-state index contributed by atoms with van der Waals surface area (Å²) in [5.74, 6) is 5.04. The Kier molecular flexibility index (Phi) is 3.05. The SMILES string of the molecule is CC1=CP(C)(I)(Cc2ccccc2)C=C1C. The molecule has 0 aliphatic carbocycles. The summed E-state index contributed by atoms with van der Waals surface area (Å²) >= 11 is 2.71. The molecule has 1 aliphatic rings. The van der Waals surface area contributed by atoms with Crippen molar-refractivity contribution < 1.29 is 0 Å². The van der Waals surface area contributed by atoms with Gasteiger partial charge in [0.2, 0.25) is 0 Å². The Bertz CT molecular complexity index is 447. The van der Waals surface area contributed by atoms with E-state index in [2.05, 4.69) is 84.5 Å². The molecule has 0 atom stereocenters. The van der Waals surface area contributed by atoms with E-state index in [1.54, 1.807) is 0 Å². The third kappa shape index (κ3) is 2.57. The van der Waals surface area contributed by atoms with Crippen LogP contribution in [-0.4, -0.2) is 6.66 Å². The molecule has 2 heteroatoms. The molecule has 0 fully saturated rings. The van der Waals surface area contributed by atoms with Gasteiger partial charge in [0.05, 0.1) is 0 Å². The van der Waals surface area contributed by atoms with Crippen LogP contribution in [-0.2, 0) is 6.16 Å². The maximum atomic E-state index is 2.71. The zero-order chi connectivity index (χ0) is 11.8. The Morgan fingerprint density at radius 3 is 2.00 bits per heavy atom. The normalized spacial score (nSPS) is 24.1. The van der Waals surface area contributed by atoms with Crippen LogP contribution in [0.1, 0.15) is 19.4 Å². The Labute approximate surface area is 111 Å². The summed E-state index contributed by atoms with van der Waals surface area (Å²) in [5.41, 5.74) is 4.38. The molecule has 0 bridgehead atoms. The standard InChI is InChI=1S/C14H18IP/c1-12-9-16(3,15,10-13(12)2)11-14-7-5-4-6-8-14/h4-10H,11H2,1-3H3. The molecule has 0 radical (unpaired) electrons. The summed E-state index contributed by atoms with van der Waals surface area (Å²) < 4.78 is -1.78. The van der Waals surface area contributed by atoms with Crippen molar-refractivity contribution in [3.8, 4) is 0 Å². The molecule has 1 heterocycles. The van der Waals surface area contributed by atoms with Crippen LogP contribution in [0.4, 0.5) is 0 Å². The molecule has 1 aliphatic heterocycles. The van der Waals surface area contributed by atoms with Crippen molar-refractivity contribution in [1.82, 2.24) is 0 Å². The number of benzene rings is 1. The van der Waals surface area contributed by atoms with E-state index in [1.807, 2.05) is 0 Å². The molecule has 0 saturated carbocycles. The summed E-state index contributed by atoms with van der Waals surface area (Å²) in [5, 5.41) is 0. The molecule has 0 N–H and O–H groups in total. The second-order valence-electron chi connectivity index (χ2n) is 5.10. The molecule has 0 saturated heterocycles. The van der Waals surface area contributed by atoms with Gasteiger partial charge < -0.3 is 0 Å². The van der Waals surface area contributed by atoms with E-state index in [9.17, 15) is 0 Å². The molecule has 2 rings (SSSR count). The number of allylic oxidation sites excluding steroid dienone is 2. The molecule has 0 unspecified atom stereocenters. The molecule has 86 valence electrons. The van der Waals surface area contributed by atoms with E-state index in [-0.39, 0.29) is 0 Å². The van der Waals surface area contributed by atoms with Crippen LogP contribution in [0.25, 0.3) is 0 Å². The van der Waals surface area contributed by atoms with Gasteiger partial charge >= 0.3 is 112 Å². The zero-order valence-corrected chi connectivity index (χ0v) is 13.1. The summed E-state index contributed by atoms with van der Waals surface area (Å²) in [7, 11) is 0. The average molecular weight is 344 g/mol. The predicted octanol–water partition coefficient (Wildman–Crippen LogP) is 5.54. The Balaban J connectivity index is 2.35. The quantitative estimate of drug-likeness (QED) is 0.488. The first-order valence-corrected chi connectivity index (χ1v) is 11.3. The van der Waals surface area contributed by atoms with E-state index >= 15 is 0 Å². The summed E-state index contributed by atoms with van der Waals surface area (Å²) in [4.78, 5) is 0. The van der Waals surface area contributed by atoms with Crippen LogP contribution in [0.2, 0.25) is 0 Å². The van der Waals surface area contributed by atoms with Crippen molar-refractivity contribution >= 4 is 26.3 Å². The Hall–Kier alpha value is -0.140. The fourth-order valence-corrected chi connectivity index (χ4v) is 9.96. The fraction of sp³-hybridized carbons (Fsp3) is 0.286. The molecule has 0 nitrogen and oxygen atoms in total. The minimum absolute atomic E-state index is 1.18. The molecule has 0 spiro atoms. The topological polar surface area (TPSA) is 0 Å². The molecule has 1 aromatic carbocycles. The van der Waals surface area contributed by atoms with Gasteiger partial charge in [-0.3, -0.25) is 0 Å². The van der Waals surface area contributed by atoms with E-state index in [4.69, 9.17) is 0 Å². The van der Waals surface area contributed by atoms with Crippen molar-refractivity contribution in [2.45, 2.75) is 20.0 Å². The van der Waals surface area contributed by atoms with E-state index in [0.29, 0.717) is 0 Å². The molecular weight excluding hydrogens is 326 g/mol. The van der Waals surface area contributed by atoms with Crippen LogP contribution < -0.4 is 0 Å². The molecule has 0 amide bonds. The molecule has 0 aromatic heterocycles. The van der Waals surface area contributed by atoms with Crippen molar-refractivity contribution in [3.63, 3.8) is 0 Å². The number of halogens is 1. The van der Waals surface area contributed by atoms with Crippen molar-refractivity contribution in [1.29, 1.82) is 0 Å². The zero-order valence-electron chi connectivity index (χ0n) is 10.1. The second-order valence-corrected chi connectivity index (χ2v) is 17.9. The van der Waals surface area contributed by atoms with E-state index in [0.717, 1.165) is 0 Å². The van der Waals surface area contributed by atoms with Gasteiger partial charge in [-0.2, -0.15) is 0 Å². The Morgan fingerprint density at radius 2 is 1.50 bits per heavy atom.